The van der Waals surface area contributed by atoms with E-state index in [0.29, 0.717) is 19.8 Å². The summed E-state index contributed by atoms with van der Waals surface area (Å²) in [5.41, 5.74) is 0.123. The van der Waals surface area contributed by atoms with Crippen molar-refractivity contribution < 1.29 is 18.7 Å². The van der Waals surface area contributed by atoms with Crippen LogP contribution in [0.1, 0.15) is 29.6 Å². The third-order valence-electron chi connectivity index (χ3n) is 3.88. The molecule has 2 aliphatic rings. The Morgan fingerprint density at radius 3 is 2.70 bits per heavy atom. The van der Waals surface area contributed by atoms with E-state index in [1.165, 1.54) is 12.1 Å². The summed E-state index contributed by atoms with van der Waals surface area (Å²) in [7, 11) is 0. The van der Waals surface area contributed by atoms with Crippen molar-refractivity contribution in [3.63, 3.8) is 0 Å². The van der Waals surface area contributed by atoms with Crippen LogP contribution >= 0.6 is 0 Å². The molecule has 0 bridgehead atoms. The molecule has 4 nitrogen and oxygen atoms in total. The van der Waals surface area contributed by atoms with Gasteiger partial charge in [-0.2, -0.15) is 0 Å². The number of halogens is 1. The second-order valence-electron chi connectivity index (χ2n) is 5.15. The summed E-state index contributed by atoms with van der Waals surface area (Å²) >= 11 is 0. The number of ether oxygens (including phenoxy) is 2. The van der Waals surface area contributed by atoms with Gasteiger partial charge in [0.1, 0.15) is 5.82 Å². The van der Waals surface area contributed by atoms with E-state index >= 15 is 0 Å². The van der Waals surface area contributed by atoms with Gasteiger partial charge < -0.3 is 14.4 Å². The Morgan fingerprint density at radius 1 is 1.20 bits per heavy atom. The first-order valence-corrected chi connectivity index (χ1v) is 7.06. The predicted octanol–water partition coefficient (Wildman–Crippen LogP) is 2.19. The van der Waals surface area contributed by atoms with Gasteiger partial charge in [-0.15, -0.1) is 0 Å². The second kappa shape index (κ2) is 5.89. The smallest absolute Gasteiger partial charge is 0.257 e. The summed E-state index contributed by atoms with van der Waals surface area (Å²) in [5, 5.41) is 0. The predicted molar refractivity (Wildman–Crippen MR) is 70.8 cm³/mol. The average molecular weight is 279 g/mol. The van der Waals surface area contributed by atoms with Crippen LogP contribution in [0.2, 0.25) is 0 Å². The molecule has 1 atom stereocenters. The fraction of sp³-hybridized carbons (Fsp3) is 0.533. The summed E-state index contributed by atoms with van der Waals surface area (Å²) in [4.78, 5) is 14.3. The molecule has 0 saturated carbocycles. The molecule has 5 heteroatoms. The molecular weight excluding hydrogens is 261 g/mol. The molecule has 0 N–H and O–H groups in total. The van der Waals surface area contributed by atoms with Crippen LogP contribution in [-0.2, 0) is 9.47 Å². The molecule has 2 saturated heterocycles. The highest BCUT2D eigenvalue weighted by molar-refractivity contribution is 5.94. The molecule has 0 aromatic heterocycles. The molecular formula is C15H18FNO3. The first-order chi connectivity index (χ1) is 9.77. The van der Waals surface area contributed by atoms with Gasteiger partial charge in [0, 0.05) is 6.54 Å². The van der Waals surface area contributed by atoms with E-state index in [0.717, 1.165) is 19.3 Å². The number of hydrogen-bond acceptors (Lipinski definition) is 3. The van der Waals surface area contributed by atoms with Gasteiger partial charge in [-0.3, -0.25) is 4.79 Å². The van der Waals surface area contributed by atoms with Crippen molar-refractivity contribution in [3.05, 3.63) is 35.6 Å². The van der Waals surface area contributed by atoms with Crippen LogP contribution in [0.15, 0.2) is 24.3 Å². The number of hydrogen-bond donors (Lipinski definition) is 0. The van der Waals surface area contributed by atoms with Crippen molar-refractivity contribution >= 4 is 5.91 Å². The second-order valence-corrected chi connectivity index (χ2v) is 5.15. The third kappa shape index (κ3) is 2.55. The molecule has 0 aliphatic carbocycles. The molecule has 1 aromatic rings. The molecule has 3 rings (SSSR count). The van der Waals surface area contributed by atoms with E-state index in [2.05, 4.69) is 0 Å². The molecule has 0 spiro atoms. The Labute approximate surface area is 117 Å². The maximum Gasteiger partial charge on any atom is 0.257 e. The fourth-order valence-corrected chi connectivity index (χ4v) is 2.88. The summed E-state index contributed by atoms with van der Waals surface area (Å²) in [6.45, 7) is 1.74. The van der Waals surface area contributed by atoms with Crippen LogP contribution in [0, 0.1) is 5.82 Å². The van der Waals surface area contributed by atoms with Crippen LogP contribution < -0.4 is 0 Å². The number of likely N-dealkylation sites (tertiary alicyclic amines) is 1. The lowest BCUT2D eigenvalue weighted by Gasteiger charge is -2.38. The summed E-state index contributed by atoms with van der Waals surface area (Å²) in [5.74, 6) is -0.748. The highest BCUT2D eigenvalue weighted by Crippen LogP contribution is 2.26. The quantitative estimate of drug-likeness (QED) is 0.833. The molecule has 2 fully saturated rings. The Hall–Kier alpha value is -1.46. The number of piperidine rings is 1. The minimum absolute atomic E-state index is 0.113. The molecule has 1 unspecified atom stereocenters. The molecule has 1 aromatic carbocycles. The molecule has 0 radical (unpaired) electrons. The minimum Gasteiger partial charge on any atom is -0.348 e. The molecule has 2 heterocycles. The number of carbonyl (C=O) groups excluding carboxylic acids is 1. The van der Waals surface area contributed by atoms with Crippen LogP contribution in [-0.4, -0.2) is 42.9 Å². The average Bonchev–Trinajstić information content (AvgIpc) is 3.01. The zero-order valence-corrected chi connectivity index (χ0v) is 11.3. The Bertz CT molecular complexity index is 488. The Balaban J connectivity index is 1.82. The maximum atomic E-state index is 13.8. The number of carbonyl (C=O) groups is 1. The van der Waals surface area contributed by atoms with Crippen LogP contribution in [0.3, 0.4) is 0 Å². The van der Waals surface area contributed by atoms with Crippen LogP contribution in [0.5, 0.6) is 0 Å². The SMILES string of the molecule is O=C(c1ccccc1F)N1CCCCC1C1OCCO1. The van der Waals surface area contributed by atoms with Gasteiger partial charge in [0.2, 0.25) is 0 Å². The lowest BCUT2D eigenvalue weighted by atomic mass is 10.00. The zero-order valence-electron chi connectivity index (χ0n) is 11.3. The zero-order chi connectivity index (χ0) is 13.9. The van der Waals surface area contributed by atoms with E-state index in [9.17, 15) is 9.18 Å². The normalized spacial score (nSPS) is 24.1. The summed E-state index contributed by atoms with van der Waals surface area (Å²) in [6.07, 6.45) is 2.44. The van der Waals surface area contributed by atoms with Gasteiger partial charge in [-0.1, -0.05) is 12.1 Å². The molecule has 1 amide bonds. The topological polar surface area (TPSA) is 38.8 Å². The van der Waals surface area contributed by atoms with Gasteiger partial charge in [0.15, 0.2) is 6.29 Å². The first kappa shape index (κ1) is 13.5. The summed E-state index contributed by atoms with van der Waals surface area (Å²) in [6, 6.07) is 5.99. The van der Waals surface area contributed by atoms with Gasteiger partial charge in [-0.05, 0) is 31.4 Å². The van der Waals surface area contributed by atoms with Crippen molar-refractivity contribution in [1.82, 2.24) is 4.90 Å². The van der Waals surface area contributed by atoms with E-state index in [1.807, 2.05) is 0 Å². The van der Waals surface area contributed by atoms with E-state index in [4.69, 9.17) is 9.47 Å². The van der Waals surface area contributed by atoms with Crippen LogP contribution in [0.25, 0.3) is 0 Å². The first-order valence-electron chi connectivity index (χ1n) is 7.06. The van der Waals surface area contributed by atoms with E-state index in [-0.39, 0.29) is 23.8 Å². The minimum atomic E-state index is -0.477. The summed E-state index contributed by atoms with van der Waals surface area (Å²) < 4.78 is 24.8. The standard InChI is InChI=1S/C15H18FNO3/c16-12-6-2-1-5-11(12)14(18)17-8-4-3-7-13(17)15-19-9-10-20-15/h1-2,5-6,13,15H,3-4,7-10H2. The van der Waals surface area contributed by atoms with Crippen molar-refractivity contribution in [3.8, 4) is 0 Å². The van der Waals surface area contributed by atoms with Crippen molar-refractivity contribution in [2.24, 2.45) is 0 Å². The fourth-order valence-electron chi connectivity index (χ4n) is 2.88. The maximum absolute atomic E-state index is 13.8. The van der Waals surface area contributed by atoms with Gasteiger partial charge in [0.05, 0.1) is 24.8 Å². The molecule has 20 heavy (non-hydrogen) atoms. The Morgan fingerprint density at radius 2 is 1.95 bits per heavy atom. The monoisotopic (exact) mass is 279 g/mol. The van der Waals surface area contributed by atoms with Crippen molar-refractivity contribution in [2.45, 2.75) is 31.6 Å². The van der Waals surface area contributed by atoms with Gasteiger partial charge >= 0.3 is 0 Å². The van der Waals surface area contributed by atoms with Gasteiger partial charge in [0.25, 0.3) is 5.91 Å². The van der Waals surface area contributed by atoms with E-state index in [1.54, 1.807) is 17.0 Å². The van der Waals surface area contributed by atoms with Crippen molar-refractivity contribution in [1.29, 1.82) is 0 Å². The third-order valence-corrected chi connectivity index (χ3v) is 3.88. The number of benzene rings is 1. The Kier molecular flexibility index (Phi) is 3.98. The van der Waals surface area contributed by atoms with Gasteiger partial charge in [-0.25, -0.2) is 4.39 Å². The lowest BCUT2D eigenvalue weighted by Crippen LogP contribution is -2.50. The number of amides is 1. The highest BCUT2D eigenvalue weighted by atomic mass is 19.1. The number of rotatable bonds is 2. The van der Waals surface area contributed by atoms with Crippen LogP contribution in [0.4, 0.5) is 4.39 Å². The largest absolute Gasteiger partial charge is 0.348 e. The van der Waals surface area contributed by atoms with E-state index < -0.39 is 5.82 Å². The van der Waals surface area contributed by atoms with Crippen molar-refractivity contribution in [2.75, 3.05) is 19.8 Å². The lowest BCUT2D eigenvalue weighted by molar-refractivity contribution is -0.100. The number of nitrogens with zero attached hydrogens (tertiary/aromatic N) is 1. The highest BCUT2D eigenvalue weighted by Gasteiger charge is 2.37. The molecule has 108 valence electrons. The molecule has 2 aliphatic heterocycles.